The van der Waals surface area contributed by atoms with Crippen LogP contribution in [0.15, 0.2) is 54.6 Å². The third-order valence-corrected chi connectivity index (χ3v) is 4.77. The average molecular weight is 367 g/mol. The molecule has 0 aliphatic rings. The molecule has 0 radical (unpaired) electrons. The molecule has 0 bridgehead atoms. The number of ether oxygens (including phenoxy) is 1. The van der Waals surface area contributed by atoms with Crippen LogP contribution in [0.25, 0.3) is 11.1 Å². The van der Waals surface area contributed by atoms with Crippen molar-refractivity contribution in [3.8, 4) is 22.6 Å². The van der Waals surface area contributed by atoms with E-state index in [4.69, 9.17) is 16.3 Å². The quantitative estimate of drug-likeness (QED) is 0.587. The molecule has 0 fully saturated rings. The molecule has 4 heteroatoms. The zero-order valence-electron chi connectivity index (χ0n) is 14.6. The second-order valence-corrected chi connectivity index (χ2v) is 6.56. The van der Waals surface area contributed by atoms with E-state index < -0.39 is 0 Å². The molecule has 0 amide bonds. The first kappa shape index (κ1) is 18.0. The summed E-state index contributed by atoms with van der Waals surface area (Å²) in [7, 11) is 0. The highest BCUT2D eigenvalue weighted by Gasteiger charge is 2.11. The predicted octanol–water partition coefficient (Wildman–Crippen LogP) is 5.72. The first-order valence-electron chi connectivity index (χ1n) is 8.26. The number of hydrogen-bond donors (Lipinski definition) is 1. The second kappa shape index (κ2) is 7.63. The summed E-state index contributed by atoms with van der Waals surface area (Å²) < 4.78 is 5.80. The van der Waals surface area contributed by atoms with Crippen molar-refractivity contribution in [3.63, 3.8) is 0 Å². The van der Waals surface area contributed by atoms with E-state index in [1.165, 1.54) is 23.3 Å². The molecule has 0 saturated carbocycles. The van der Waals surface area contributed by atoms with Crippen LogP contribution >= 0.6 is 11.6 Å². The van der Waals surface area contributed by atoms with Gasteiger partial charge in [0.1, 0.15) is 18.1 Å². The summed E-state index contributed by atoms with van der Waals surface area (Å²) in [6, 6.07) is 17.1. The standard InChI is InChI=1S/C22H19ClO3/c1-14-6-3-4-8-18(14)19-9-5-7-16(15(19)2)13-26-22-11-21(25)17(12-24)10-20(22)23/h3-12,25H,13H2,1-2H3. The molecule has 0 spiro atoms. The predicted molar refractivity (Wildman–Crippen MR) is 104 cm³/mol. The molecule has 0 saturated heterocycles. The minimum absolute atomic E-state index is 0.139. The topological polar surface area (TPSA) is 46.5 Å². The lowest BCUT2D eigenvalue weighted by molar-refractivity contribution is 0.112. The number of aromatic hydroxyl groups is 1. The maximum atomic E-state index is 10.9. The molecule has 26 heavy (non-hydrogen) atoms. The number of benzene rings is 3. The number of halogens is 1. The van der Waals surface area contributed by atoms with Crippen LogP contribution < -0.4 is 4.74 Å². The van der Waals surface area contributed by atoms with E-state index in [2.05, 4.69) is 32.0 Å². The molecule has 3 rings (SSSR count). The zero-order chi connectivity index (χ0) is 18.7. The van der Waals surface area contributed by atoms with Crippen LogP contribution in [0.5, 0.6) is 11.5 Å². The van der Waals surface area contributed by atoms with Crippen molar-refractivity contribution in [3.05, 3.63) is 81.9 Å². The molecule has 0 aliphatic carbocycles. The first-order chi connectivity index (χ1) is 12.5. The van der Waals surface area contributed by atoms with Gasteiger partial charge < -0.3 is 9.84 Å². The Kier molecular flexibility index (Phi) is 5.29. The van der Waals surface area contributed by atoms with Crippen LogP contribution in [0.1, 0.15) is 27.0 Å². The minimum atomic E-state index is -0.148. The van der Waals surface area contributed by atoms with Gasteiger partial charge in [-0.05, 0) is 47.7 Å². The van der Waals surface area contributed by atoms with Crippen molar-refractivity contribution in [1.29, 1.82) is 0 Å². The van der Waals surface area contributed by atoms with E-state index in [0.717, 1.165) is 16.7 Å². The van der Waals surface area contributed by atoms with Crippen molar-refractivity contribution in [2.75, 3.05) is 0 Å². The van der Waals surface area contributed by atoms with E-state index in [1.807, 2.05) is 24.3 Å². The number of carbonyl (C=O) groups excluding carboxylic acids is 1. The molecular weight excluding hydrogens is 348 g/mol. The summed E-state index contributed by atoms with van der Waals surface area (Å²) in [6.07, 6.45) is 0.556. The van der Waals surface area contributed by atoms with Crippen LogP contribution in [0.3, 0.4) is 0 Å². The third-order valence-electron chi connectivity index (χ3n) is 4.47. The van der Waals surface area contributed by atoms with Gasteiger partial charge in [0, 0.05) is 6.07 Å². The second-order valence-electron chi connectivity index (χ2n) is 6.15. The molecule has 0 heterocycles. The Labute approximate surface area is 157 Å². The molecule has 0 aliphatic heterocycles. The van der Waals surface area contributed by atoms with Crippen molar-refractivity contribution >= 4 is 17.9 Å². The first-order valence-corrected chi connectivity index (χ1v) is 8.64. The maximum Gasteiger partial charge on any atom is 0.153 e. The Balaban J connectivity index is 1.88. The molecule has 0 unspecified atom stereocenters. The van der Waals surface area contributed by atoms with Crippen molar-refractivity contribution in [1.82, 2.24) is 0 Å². The Morgan fingerprint density at radius 1 is 1.04 bits per heavy atom. The number of phenolic OH excluding ortho intramolecular Hbond substituents is 1. The van der Waals surface area contributed by atoms with Gasteiger partial charge in [-0.2, -0.15) is 0 Å². The number of aryl methyl sites for hydroxylation is 1. The Hall–Kier alpha value is -2.78. The SMILES string of the molecule is Cc1ccccc1-c1cccc(COc2cc(O)c(C=O)cc2Cl)c1C. The molecular formula is C22H19ClO3. The summed E-state index contributed by atoms with van der Waals surface area (Å²) in [5, 5.41) is 10.1. The van der Waals surface area contributed by atoms with Gasteiger partial charge in [-0.25, -0.2) is 0 Å². The monoisotopic (exact) mass is 366 g/mol. The van der Waals surface area contributed by atoms with Gasteiger partial charge in [-0.1, -0.05) is 54.1 Å². The Morgan fingerprint density at radius 3 is 2.50 bits per heavy atom. The van der Waals surface area contributed by atoms with Crippen molar-refractivity contribution in [2.24, 2.45) is 0 Å². The molecule has 0 atom stereocenters. The molecule has 1 N–H and O–H groups in total. The van der Waals surface area contributed by atoms with Gasteiger partial charge in [0.25, 0.3) is 0 Å². The largest absolute Gasteiger partial charge is 0.507 e. The highest BCUT2D eigenvalue weighted by Crippen LogP contribution is 2.33. The van der Waals surface area contributed by atoms with Gasteiger partial charge in [-0.3, -0.25) is 4.79 Å². The smallest absolute Gasteiger partial charge is 0.153 e. The minimum Gasteiger partial charge on any atom is -0.507 e. The highest BCUT2D eigenvalue weighted by atomic mass is 35.5. The molecule has 0 aromatic heterocycles. The number of aldehydes is 1. The van der Waals surface area contributed by atoms with Crippen molar-refractivity contribution in [2.45, 2.75) is 20.5 Å². The highest BCUT2D eigenvalue weighted by molar-refractivity contribution is 6.32. The Bertz CT molecular complexity index is 964. The van der Waals surface area contributed by atoms with Crippen LogP contribution in [0.2, 0.25) is 5.02 Å². The van der Waals surface area contributed by atoms with E-state index in [0.29, 0.717) is 18.6 Å². The molecule has 132 valence electrons. The zero-order valence-corrected chi connectivity index (χ0v) is 15.4. The number of hydrogen-bond acceptors (Lipinski definition) is 3. The van der Waals surface area contributed by atoms with Gasteiger partial charge in [0.2, 0.25) is 0 Å². The summed E-state index contributed by atoms with van der Waals surface area (Å²) in [4.78, 5) is 10.9. The third kappa shape index (κ3) is 3.58. The molecule has 3 aromatic carbocycles. The maximum absolute atomic E-state index is 10.9. The molecule has 3 nitrogen and oxygen atoms in total. The van der Waals surface area contributed by atoms with Gasteiger partial charge in [-0.15, -0.1) is 0 Å². The Morgan fingerprint density at radius 2 is 1.77 bits per heavy atom. The van der Waals surface area contributed by atoms with Crippen LogP contribution in [-0.2, 0) is 6.61 Å². The molecule has 3 aromatic rings. The fourth-order valence-corrected chi connectivity index (χ4v) is 3.15. The van der Waals surface area contributed by atoms with Crippen molar-refractivity contribution < 1.29 is 14.6 Å². The fourth-order valence-electron chi connectivity index (χ4n) is 2.93. The fraction of sp³-hybridized carbons (Fsp3) is 0.136. The van der Waals surface area contributed by atoms with E-state index in [-0.39, 0.29) is 16.3 Å². The lowest BCUT2D eigenvalue weighted by Gasteiger charge is -2.15. The lowest BCUT2D eigenvalue weighted by atomic mass is 9.94. The van der Waals surface area contributed by atoms with Gasteiger partial charge >= 0.3 is 0 Å². The summed E-state index contributed by atoms with van der Waals surface area (Å²) in [6.45, 7) is 4.47. The normalized spacial score (nSPS) is 10.6. The summed E-state index contributed by atoms with van der Waals surface area (Å²) in [5.41, 5.74) is 5.87. The summed E-state index contributed by atoms with van der Waals surface area (Å²) in [5.74, 6) is 0.195. The van der Waals surface area contributed by atoms with Crippen LogP contribution in [0.4, 0.5) is 0 Å². The number of rotatable bonds is 5. The van der Waals surface area contributed by atoms with Crippen LogP contribution in [0, 0.1) is 13.8 Å². The number of phenols is 1. The van der Waals surface area contributed by atoms with E-state index >= 15 is 0 Å². The van der Waals surface area contributed by atoms with Gasteiger partial charge in [0.05, 0.1) is 10.6 Å². The number of carbonyl (C=O) groups is 1. The lowest BCUT2D eigenvalue weighted by Crippen LogP contribution is -2.00. The summed E-state index contributed by atoms with van der Waals surface area (Å²) >= 11 is 6.14. The average Bonchev–Trinajstić information content (AvgIpc) is 2.64. The van der Waals surface area contributed by atoms with Crippen LogP contribution in [-0.4, -0.2) is 11.4 Å². The van der Waals surface area contributed by atoms with Gasteiger partial charge in [0.15, 0.2) is 6.29 Å². The van der Waals surface area contributed by atoms with E-state index in [9.17, 15) is 9.90 Å². The van der Waals surface area contributed by atoms with E-state index in [1.54, 1.807) is 0 Å².